The number of thiazole rings is 1. The number of methoxy groups -OCH3 is 2. The summed E-state index contributed by atoms with van der Waals surface area (Å²) in [6.07, 6.45) is 1.79. The molecule has 0 bridgehead atoms. The first-order valence-electron chi connectivity index (χ1n) is 8.61. The number of aromatic nitrogens is 1. The van der Waals surface area contributed by atoms with E-state index < -0.39 is 0 Å². The summed E-state index contributed by atoms with van der Waals surface area (Å²) in [6, 6.07) is 6.03. The number of guanidine groups is 1. The van der Waals surface area contributed by atoms with Crippen LogP contribution in [-0.4, -0.2) is 57.2 Å². The quantitative estimate of drug-likeness (QED) is 0.340. The minimum Gasteiger partial charge on any atom is -0.493 e. The molecule has 0 saturated carbocycles. The third-order valence-electron chi connectivity index (χ3n) is 4.09. The fourth-order valence-corrected chi connectivity index (χ4v) is 3.30. The fourth-order valence-electron chi connectivity index (χ4n) is 2.65. The molecule has 0 radical (unpaired) electrons. The summed E-state index contributed by atoms with van der Waals surface area (Å²) >= 11 is 1.69. The zero-order valence-corrected chi connectivity index (χ0v) is 19.8. The van der Waals surface area contributed by atoms with E-state index in [1.54, 1.807) is 25.6 Å². The average Bonchev–Trinajstić information content (AvgIpc) is 3.08. The number of benzene rings is 1. The lowest BCUT2D eigenvalue weighted by Crippen LogP contribution is -2.40. The van der Waals surface area contributed by atoms with Gasteiger partial charge in [0.25, 0.3) is 0 Å². The minimum absolute atomic E-state index is 0. The normalized spacial score (nSPS) is 10.9. The van der Waals surface area contributed by atoms with Crippen molar-refractivity contribution in [2.45, 2.75) is 19.8 Å². The van der Waals surface area contributed by atoms with E-state index in [0.29, 0.717) is 0 Å². The van der Waals surface area contributed by atoms with Crippen molar-refractivity contribution < 1.29 is 9.47 Å². The third kappa shape index (κ3) is 7.17. The van der Waals surface area contributed by atoms with Gasteiger partial charge in [0.05, 0.1) is 24.9 Å². The van der Waals surface area contributed by atoms with Crippen LogP contribution in [0.15, 0.2) is 28.6 Å². The van der Waals surface area contributed by atoms with Crippen molar-refractivity contribution in [3.63, 3.8) is 0 Å². The molecular weight excluding hydrogens is 475 g/mol. The molecule has 1 N–H and O–H groups in total. The van der Waals surface area contributed by atoms with Gasteiger partial charge < -0.3 is 19.7 Å². The fraction of sp³-hybridized carbons (Fsp3) is 0.474. The molecule has 0 fully saturated rings. The average molecular weight is 504 g/mol. The van der Waals surface area contributed by atoms with Gasteiger partial charge in [-0.05, 0) is 31.0 Å². The van der Waals surface area contributed by atoms with E-state index in [9.17, 15) is 0 Å². The molecule has 1 aromatic heterocycles. The Labute approximate surface area is 183 Å². The van der Waals surface area contributed by atoms with Gasteiger partial charge in [-0.1, -0.05) is 6.07 Å². The lowest BCUT2D eigenvalue weighted by molar-refractivity contribution is 0.354. The molecule has 0 aliphatic rings. The van der Waals surface area contributed by atoms with Crippen LogP contribution in [0.4, 0.5) is 0 Å². The van der Waals surface area contributed by atoms with E-state index in [-0.39, 0.29) is 24.0 Å². The van der Waals surface area contributed by atoms with Crippen LogP contribution in [-0.2, 0) is 12.8 Å². The van der Waals surface area contributed by atoms with Crippen LogP contribution >= 0.6 is 35.3 Å². The molecule has 2 aromatic rings. The SMILES string of the molecule is CN=C(NCCc1csc(C)n1)N(C)CCc1ccc(OC)c(OC)c1.I. The molecule has 6 nitrogen and oxygen atoms in total. The molecular formula is C19H29IN4O2S. The van der Waals surface area contributed by atoms with E-state index >= 15 is 0 Å². The highest BCUT2D eigenvalue weighted by Crippen LogP contribution is 2.27. The molecule has 27 heavy (non-hydrogen) atoms. The van der Waals surface area contributed by atoms with Gasteiger partial charge in [0.15, 0.2) is 17.5 Å². The molecule has 1 heterocycles. The highest BCUT2D eigenvalue weighted by molar-refractivity contribution is 14.0. The Morgan fingerprint density at radius 1 is 1.22 bits per heavy atom. The second kappa shape index (κ2) is 12.0. The molecule has 150 valence electrons. The molecule has 2 rings (SSSR count). The predicted octanol–water partition coefficient (Wildman–Crippen LogP) is 3.38. The lowest BCUT2D eigenvalue weighted by Gasteiger charge is -2.22. The van der Waals surface area contributed by atoms with Crippen molar-refractivity contribution >= 4 is 41.3 Å². The molecule has 8 heteroatoms. The molecule has 1 aromatic carbocycles. The van der Waals surface area contributed by atoms with Crippen LogP contribution in [0.3, 0.4) is 0 Å². The molecule has 0 unspecified atom stereocenters. The van der Waals surface area contributed by atoms with Gasteiger partial charge in [0, 0.05) is 39.0 Å². The first-order chi connectivity index (χ1) is 12.6. The van der Waals surface area contributed by atoms with Gasteiger partial charge in [-0.15, -0.1) is 35.3 Å². The van der Waals surface area contributed by atoms with E-state index in [4.69, 9.17) is 9.47 Å². The van der Waals surface area contributed by atoms with E-state index in [2.05, 4.69) is 31.6 Å². The second-order valence-corrected chi connectivity index (χ2v) is 7.00. The Hall–Kier alpha value is -1.55. The maximum Gasteiger partial charge on any atom is 0.193 e. The summed E-state index contributed by atoms with van der Waals surface area (Å²) in [7, 11) is 7.16. The minimum atomic E-state index is 0. The van der Waals surface area contributed by atoms with E-state index in [1.807, 2.05) is 33.2 Å². The van der Waals surface area contributed by atoms with Gasteiger partial charge in [0.1, 0.15) is 0 Å². The number of halogens is 1. The van der Waals surface area contributed by atoms with Crippen LogP contribution in [0.5, 0.6) is 11.5 Å². The number of ether oxygens (including phenoxy) is 2. The Balaban J connectivity index is 0.00000364. The molecule has 0 atom stereocenters. The van der Waals surface area contributed by atoms with E-state index in [0.717, 1.165) is 54.1 Å². The number of rotatable bonds is 8. The maximum absolute atomic E-state index is 5.37. The van der Waals surface area contributed by atoms with Crippen LogP contribution < -0.4 is 14.8 Å². The summed E-state index contributed by atoms with van der Waals surface area (Å²) in [5.41, 5.74) is 2.33. The van der Waals surface area contributed by atoms with Crippen molar-refractivity contribution in [1.82, 2.24) is 15.2 Å². The Bertz CT molecular complexity index is 736. The number of nitrogens with one attached hydrogen (secondary N) is 1. The van der Waals surface area contributed by atoms with Crippen molar-refractivity contribution in [3.8, 4) is 11.5 Å². The summed E-state index contributed by atoms with van der Waals surface area (Å²) in [5.74, 6) is 2.39. The second-order valence-electron chi connectivity index (χ2n) is 5.94. The zero-order chi connectivity index (χ0) is 18.9. The highest BCUT2D eigenvalue weighted by atomic mass is 127. The van der Waals surface area contributed by atoms with Gasteiger partial charge >= 0.3 is 0 Å². The Morgan fingerprint density at radius 3 is 2.56 bits per heavy atom. The number of hydrogen-bond acceptors (Lipinski definition) is 5. The number of nitrogens with zero attached hydrogens (tertiary/aromatic N) is 3. The first kappa shape index (κ1) is 23.5. The van der Waals surface area contributed by atoms with Gasteiger partial charge in [0.2, 0.25) is 0 Å². The number of aryl methyl sites for hydroxylation is 1. The monoisotopic (exact) mass is 504 g/mol. The Kier molecular flexibility index (Phi) is 10.5. The summed E-state index contributed by atoms with van der Waals surface area (Å²) < 4.78 is 10.7. The smallest absolute Gasteiger partial charge is 0.193 e. The van der Waals surface area contributed by atoms with Crippen LogP contribution in [0, 0.1) is 6.92 Å². The standard InChI is InChI=1S/C19H28N4O2S.HI/c1-14-22-16(13-26-14)8-10-21-19(20-2)23(3)11-9-15-6-7-17(24-4)18(12-15)25-5;/h6-7,12-13H,8-11H2,1-5H3,(H,20,21);1H. The molecule has 0 saturated heterocycles. The summed E-state index contributed by atoms with van der Waals surface area (Å²) in [5, 5.41) is 6.62. The Morgan fingerprint density at radius 2 is 1.96 bits per heavy atom. The lowest BCUT2D eigenvalue weighted by atomic mass is 10.1. The van der Waals surface area contributed by atoms with Crippen molar-refractivity contribution in [3.05, 3.63) is 39.8 Å². The van der Waals surface area contributed by atoms with Crippen LogP contribution in [0.2, 0.25) is 0 Å². The van der Waals surface area contributed by atoms with Crippen molar-refractivity contribution in [2.24, 2.45) is 4.99 Å². The summed E-state index contributed by atoms with van der Waals surface area (Å²) in [6.45, 7) is 3.70. The van der Waals surface area contributed by atoms with Crippen LogP contribution in [0.25, 0.3) is 0 Å². The molecule has 0 aliphatic heterocycles. The van der Waals surface area contributed by atoms with Crippen molar-refractivity contribution in [1.29, 1.82) is 0 Å². The van der Waals surface area contributed by atoms with Gasteiger partial charge in [-0.3, -0.25) is 4.99 Å². The molecule has 0 amide bonds. The van der Waals surface area contributed by atoms with E-state index in [1.165, 1.54) is 5.56 Å². The van der Waals surface area contributed by atoms with Crippen LogP contribution in [0.1, 0.15) is 16.3 Å². The number of likely N-dealkylation sites (N-methyl/N-ethyl adjacent to an activating group) is 1. The number of hydrogen-bond donors (Lipinski definition) is 1. The maximum atomic E-state index is 5.37. The number of aliphatic imine (C=N–C) groups is 1. The third-order valence-corrected chi connectivity index (χ3v) is 4.91. The molecule has 0 aliphatic carbocycles. The highest BCUT2D eigenvalue weighted by Gasteiger charge is 2.09. The molecule has 0 spiro atoms. The summed E-state index contributed by atoms with van der Waals surface area (Å²) in [4.78, 5) is 11.0. The predicted molar refractivity (Wildman–Crippen MR) is 123 cm³/mol. The first-order valence-corrected chi connectivity index (χ1v) is 9.49. The topological polar surface area (TPSA) is 59.0 Å². The van der Waals surface area contributed by atoms with Gasteiger partial charge in [-0.2, -0.15) is 0 Å². The van der Waals surface area contributed by atoms with Crippen molar-refractivity contribution in [2.75, 3.05) is 41.4 Å². The van der Waals surface area contributed by atoms with Gasteiger partial charge in [-0.25, -0.2) is 4.98 Å². The largest absolute Gasteiger partial charge is 0.493 e. The zero-order valence-electron chi connectivity index (χ0n) is 16.6.